The van der Waals surface area contributed by atoms with Gasteiger partial charge < -0.3 is 15.5 Å². The molecule has 1 unspecified atom stereocenters. The zero-order chi connectivity index (χ0) is 11.3. The van der Waals surface area contributed by atoms with Gasteiger partial charge in [-0.25, -0.2) is 0 Å². The van der Waals surface area contributed by atoms with Crippen LogP contribution in [0.4, 0.5) is 0 Å². The molecule has 0 aliphatic carbocycles. The number of nitrogens with one attached hydrogen (secondary N) is 2. The second kappa shape index (κ2) is 6.28. The van der Waals surface area contributed by atoms with Crippen molar-refractivity contribution in [2.24, 2.45) is 5.92 Å². The lowest BCUT2D eigenvalue weighted by Gasteiger charge is -2.30. The lowest BCUT2D eigenvalue weighted by molar-refractivity contribution is 0.210. The van der Waals surface area contributed by atoms with Gasteiger partial charge in [0.1, 0.15) is 0 Å². The molecule has 1 heterocycles. The van der Waals surface area contributed by atoms with Crippen LogP contribution in [0.15, 0.2) is 0 Å². The van der Waals surface area contributed by atoms with Crippen molar-refractivity contribution in [3.8, 4) is 0 Å². The first-order valence-corrected chi connectivity index (χ1v) is 6.21. The molecule has 1 aliphatic heterocycles. The van der Waals surface area contributed by atoms with Crippen molar-refractivity contribution in [3.05, 3.63) is 0 Å². The molecule has 0 aromatic carbocycles. The highest BCUT2D eigenvalue weighted by atomic mass is 32.1. The van der Waals surface area contributed by atoms with Gasteiger partial charge in [-0.3, -0.25) is 0 Å². The molecule has 0 radical (unpaired) electrons. The van der Waals surface area contributed by atoms with Gasteiger partial charge in [0.2, 0.25) is 0 Å². The van der Waals surface area contributed by atoms with Gasteiger partial charge in [-0.05, 0) is 58.4 Å². The van der Waals surface area contributed by atoms with Crippen LogP contribution in [-0.2, 0) is 0 Å². The van der Waals surface area contributed by atoms with Gasteiger partial charge in [0.25, 0.3) is 0 Å². The Morgan fingerprint density at radius 1 is 1.53 bits per heavy atom. The minimum Gasteiger partial charge on any atom is -0.362 e. The monoisotopic (exact) mass is 229 g/mol. The van der Waals surface area contributed by atoms with Crippen LogP contribution < -0.4 is 10.6 Å². The van der Waals surface area contributed by atoms with Crippen molar-refractivity contribution in [3.63, 3.8) is 0 Å². The topological polar surface area (TPSA) is 27.3 Å². The molecule has 1 fully saturated rings. The van der Waals surface area contributed by atoms with Gasteiger partial charge >= 0.3 is 0 Å². The summed E-state index contributed by atoms with van der Waals surface area (Å²) in [6.45, 7) is 7.64. The molecule has 0 aromatic heterocycles. The summed E-state index contributed by atoms with van der Waals surface area (Å²) >= 11 is 5.19. The predicted molar refractivity (Wildman–Crippen MR) is 69.1 cm³/mol. The number of piperidine rings is 1. The Morgan fingerprint density at radius 3 is 2.87 bits per heavy atom. The number of nitrogens with zero attached hydrogens (tertiary/aromatic N) is 1. The first-order chi connectivity index (χ1) is 7.08. The molecule has 1 aliphatic rings. The Labute approximate surface area is 98.6 Å². The van der Waals surface area contributed by atoms with Crippen molar-refractivity contribution in [1.29, 1.82) is 0 Å². The number of hydrogen-bond acceptors (Lipinski definition) is 2. The van der Waals surface area contributed by atoms with Crippen molar-refractivity contribution in [1.82, 2.24) is 15.5 Å². The number of rotatable bonds is 3. The van der Waals surface area contributed by atoms with Crippen molar-refractivity contribution < 1.29 is 0 Å². The number of thiocarbonyl (C=S) groups is 1. The highest BCUT2D eigenvalue weighted by molar-refractivity contribution is 7.80. The molecule has 1 atom stereocenters. The average Bonchev–Trinajstić information content (AvgIpc) is 2.14. The van der Waals surface area contributed by atoms with Gasteiger partial charge in [0, 0.05) is 19.1 Å². The van der Waals surface area contributed by atoms with Crippen LogP contribution in [0.25, 0.3) is 0 Å². The molecular formula is C11H23N3S. The molecule has 0 bridgehead atoms. The average molecular weight is 229 g/mol. The van der Waals surface area contributed by atoms with Crippen LogP contribution in [-0.4, -0.2) is 42.7 Å². The molecule has 0 saturated carbocycles. The molecule has 0 aromatic rings. The Hall–Kier alpha value is -0.350. The van der Waals surface area contributed by atoms with Gasteiger partial charge in [-0.1, -0.05) is 0 Å². The third-order valence-electron chi connectivity index (χ3n) is 2.69. The zero-order valence-corrected chi connectivity index (χ0v) is 10.9. The lowest BCUT2D eigenvalue weighted by Crippen LogP contribution is -2.44. The minimum atomic E-state index is 0.416. The molecule has 4 heteroatoms. The van der Waals surface area contributed by atoms with Crippen LogP contribution >= 0.6 is 12.2 Å². The van der Waals surface area contributed by atoms with Crippen molar-refractivity contribution >= 4 is 17.3 Å². The highest BCUT2D eigenvalue weighted by Crippen LogP contribution is 2.13. The molecular weight excluding hydrogens is 206 g/mol. The summed E-state index contributed by atoms with van der Waals surface area (Å²) in [5.74, 6) is 0.746. The summed E-state index contributed by atoms with van der Waals surface area (Å²) in [6.07, 6.45) is 2.63. The van der Waals surface area contributed by atoms with E-state index in [4.69, 9.17) is 12.2 Å². The Bertz CT molecular complexity index is 206. The Kier molecular flexibility index (Phi) is 5.32. The standard InChI is InChI=1S/C11H23N3S/c1-9(2)13-11(15)12-7-10-5-4-6-14(3)8-10/h9-10H,4-8H2,1-3H3,(H2,12,13,15). The van der Waals surface area contributed by atoms with Crippen LogP contribution in [0.2, 0.25) is 0 Å². The van der Waals surface area contributed by atoms with E-state index in [9.17, 15) is 0 Å². The molecule has 0 amide bonds. The molecule has 1 saturated heterocycles. The Morgan fingerprint density at radius 2 is 2.27 bits per heavy atom. The summed E-state index contributed by atoms with van der Waals surface area (Å²) in [7, 11) is 2.19. The van der Waals surface area contributed by atoms with Crippen LogP contribution in [0, 0.1) is 5.92 Å². The van der Waals surface area contributed by atoms with Gasteiger partial charge in [-0.2, -0.15) is 0 Å². The molecule has 2 N–H and O–H groups in total. The number of likely N-dealkylation sites (tertiary alicyclic amines) is 1. The van der Waals surface area contributed by atoms with E-state index in [0.29, 0.717) is 6.04 Å². The third kappa shape index (κ3) is 5.33. The van der Waals surface area contributed by atoms with E-state index in [2.05, 4.69) is 36.4 Å². The van der Waals surface area contributed by atoms with E-state index >= 15 is 0 Å². The third-order valence-corrected chi connectivity index (χ3v) is 2.96. The first-order valence-electron chi connectivity index (χ1n) is 5.81. The minimum absolute atomic E-state index is 0.416. The first kappa shape index (κ1) is 12.7. The second-order valence-corrected chi connectivity index (χ2v) is 5.19. The zero-order valence-electron chi connectivity index (χ0n) is 10.0. The van der Waals surface area contributed by atoms with Gasteiger partial charge in [0.05, 0.1) is 0 Å². The largest absolute Gasteiger partial charge is 0.362 e. The van der Waals surface area contributed by atoms with E-state index in [0.717, 1.165) is 17.6 Å². The SMILES string of the molecule is CC(C)NC(=S)NCC1CCCN(C)C1. The van der Waals surface area contributed by atoms with E-state index in [-0.39, 0.29) is 0 Å². The summed E-state index contributed by atoms with van der Waals surface area (Å²) in [6, 6.07) is 0.416. The maximum absolute atomic E-state index is 5.19. The smallest absolute Gasteiger partial charge is 0.166 e. The fraction of sp³-hybridized carbons (Fsp3) is 0.909. The quantitative estimate of drug-likeness (QED) is 0.711. The van der Waals surface area contributed by atoms with E-state index in [1.807, 2.05) is 0 Å². The summed E-state index contributed by atoms with van der Waals surface area (Å²) in [4.78, 5) is 2.40. The maximum Gasteiger partial charge on any atom is 0.166 e. The normalized spacial score (nSPS) is 22.8. The van der Waals surface area contributed by atoms with E-state index in [1.165, 1.54) is 25.9 Å². The molecule has 0 spiro atoms. The fourth-order valence-corrected chi connectivity index (χ4v) is 2.31. The van der Waals surface area contributed by atoms with Gasteiger partial charge in [-0.15, -0.1) is 0 Å². The van der Waals surface area contributed by atoms with Crippen molar-refractivity contribution in [2.75, 3.05) is 26.7 Å². The summed E-state index contributed by atoms with van der Waals surface area (Å²) < 4.78 is 0. The lowest BCUT2D eigenvalue weighted by atomic mass is 9.99. The van der Waals surface area contributed by atoms with Crippen LogP contribution in [0.1, 0.15) is 26.7 Å². The van der Waals surface area contributed by atoms with Gasteiger partial charge in [0.15, 0.2) is 5.11 Å². The fourth-order valence-electron chi connectivity index (χ4n) is 1.99. The molecule has 15 heavy (non-hydrogen) atoms. The Balaban J connectivity index is 2.16. The summed E-state index contributed by atoms with van der Waals surface area (Å²) in [5.41, 5.74) is 0. The predicted octanol–water partition coefficient (Wildman–Crippen LogP) is 1.20. The van der Waals surface area contributed by atoms with E-state index in [1.54, 1.807) is 0 Å². The van der Waals surface area contributed by atoms with Crippen LogP contribution in [0.5, 0.6) is 0 Å². The molecule has 1 rings (SSSR count). The molecule has 3 nitrogen and oxygen atoms in total. The second-order valence-electron chi connectivity index (χ2n) is 4.78. The van der Waals surface area contributed by atoms with Crippen molar-refractivity contribution in [2.45, 2.75) is 32.7 Å². The number of hydrogen-bond donors (Lipinski definition) is 2. The highest BCUT2D eigenvalue weighted by Gasteiger charge is 2.16. The maximum atomic E-state index is 5.19. The van der Waals surface area contributed by atoms with Crippen LogP contribution in [0.3, 0.4) is 0 Å². The molecule has 88 valence electrons. The summed E-state index contributed by atoms with van der Waals surface area (Å²) in [5, 5.41) is 7.29. The van der Waals surface area contributed by atoms with E-state index < -0.39 is 0 Å².